The topological polar surface area (TPSA) is 91.3 Å². The summed E-state index contributed by atoms with van der Waals surface area (Å²) in [6.07, 6.45) is -3.98. The van der Waals surface area contributed by atoms with Crippen molar-refractivity contribution in [1.29, 1.82) is 0 Å². The summed E-state index contributed by atoms with van der Waals surface area (Å²) in [4.78, 5) is 24.5. The Morgan fingerprint density at radius 1 is 0.926 bits per heavy atom. The van der Waals surface area contributed by atoms with Gasteiger partial charge in [0.1, 0.15) is 18.8 Å². The van der Waals surface area contributed by atoms with Gasteiger partial charge < -0.3 is 24.1 Å². The van der Waals surface area contributed by atoms with E-state index in [-0.39, 0.29) is 6.61 Å². The fraction of sp³-hybridized carbons (Fsp3) is 0.300. The first-order valence-electron chi connectivity index (χ1n) is 8.44. The van der Waals surface area contributed by atoms with Crippen molar-refractivity contribution in [2.45, 2.75) is 24.6 Å². The highest BCUT2D eigenvalue weighted by molar-refractivity contribution is 5.90. The van der Waals surface area contributed by atoms with E-state index < -0.39 is 36.5 Å². The van der Waals surface area contributed by atoms with Crippen LogP contribution in [0.3, 0.4) is 0 Å². The molecule has 2 aromatic carbocycles. The number of benzene rings is 2. The van der Waals surface area contributed by atoms with Gasteiger partial charge in [-0.1, -0.05) is 36.4 Å². The van der Waals surface area contributed by atoms with Gasteiger partial charge in [0.15, 0.2) is 12.4 Å². The third kappa shape index (κ3) is 4.51. The maximum atomic E-state index is 12.4. The Morgan fingerprint density at radius 2 is 1.48 bits per heavy atom. The zero-order valence-electron chi connectivity index (χ0n) is 14.7. The molecule has 1 fully saturated rings. The minimum atomic E-state index is -1.30. The number of rotatable bonds is 6. The van der Waals surface area contributed by atoms with Gasteiger partial charge in [-0.2, -0.15) is 0 Å². The van der Waals surface area contributed by atoms with Crippen LogP contribution in [0.15, 0.2) is 60.7 Å². The summed E-state index contributed by atoms with van der Waals surface area (Å²) >= 11 is 0. The summed E-state index contributed by atoms with van der Waals surface area (Å²) < 4.78 is 21.3. The van der Waals surface area contributed by atoms with Gasteiger partial charge in [-0.25, -0.2) is 9.59 Å². The molecule has 0 aromatic heterocycles. The van der Waals surface area contributed by atoms with E-state index in [1.807, 2.05) is 0 Å². The zero-order chi connectivity index (χ0) is 19.2. The molecule has 3 rings (SSSR count). The third-order valence-electron chi connectivity index (χ3n) is 4.20. The van der Waals surface area contributed by atoms with Crippen molar-refractivity contribution in [1.82, 2.24) is 0 Å². The van der Waals surface area contributed by atoms with Crippen molar-refractivity contribution in [3.05, 3.63) is 71.8 Å². The molecule has 1 unspecified atom stereocenters. The Hall–Kier alpha value is -2.74. The second-order valence-corrected chi connectivity index (χ2v) is 5.97. The maximum Gasteiger partial charge on any atom is 0.338 e. The lowest BCUT2D eigenvalue weighted by molar-refractivity contribution is -0.140. The Balaban J connectivity index is 1.67. The molecular formula is C20H20O7. The second-order valence-electron chi connectivity index (χ2n) is 5.97. The lowest BCUT2D eigenvalue weighted by Gasteiger charge is -2.22. The SMILES string of the molecule is COC1[C@@H](OC(=O)c2ccccc2)[C@@H](COC(=O)c2ccccc2)O[C@@H]1O. The highest BCUT2D eigenvalue weighted by Gasteiger charge is 2.47. The van der Waals surface area contributed by atoms with Crippen LogP contribution in [0, 0.1) is 0 Å². The van der Waals surface area contributed by atoms with E-state index >= 15 is 0 Å². The van der Waals surface area contributed by atoms with Gasteiger partial charge in [-0.15, -0.1) is 0 Å². The molecule has 0 spiro atoms. The summed E-state index contributed by atoms with van der Waals surface area (Å²) in [6.45, 7) is -0.197. The van der Waals surface area contributed by atoms with Crippen molar-refractivity contribution in [2.75, 3.05) is 13.7 Å². The van der Waals surface area contributed by atoms with Gasteiger partial charge in [0.2, 0.25) is 0 Å². The van der Waals surface area contributed by atoms with Gasteiger partial charge in [-0.05, 0) is 24.3 Å². The first kappa shape index (κ1) is 19.0. The highest BCUT2D eigenvalue weighted by atomic mass is 16.7. The largest absolute Gasteiger partial charge is 0.459 e. The monoisotopic (exact) mass is 372 g/mol. The minimum Gasteiger partial charge on any atom is -0.459 e. The van der Waals surface area contributed by atoms with Crippen LogP contribution in [0.4, 0.5) is 0 Å². The van der Waals surface area contributed by atoms with Crippen LogP contribution < -0.4 is 0 Å². The molecular weight excluding hydrogens is 352 g/mol. The van der Waals surface area contributed by atoms with Crippen molar-refractivity contribution in [2.24, 2.45) is 0 Å². The normalized spacial score (nSPS) is 24.4. The molecule has 7 heteroatoms. The van der Waals surface area contributed by atoms with Crippen LogP contribution in [-0.2, 0) is 18.9 Å². The van der Waals surface area contributed by atoms with E-state index in [0.29, 0.717) is 11.1 Å². The average Bonchev–Trinajstić information content (AvgIpc) is 3.01. The fourth-order valence-electron chi connectivity index (χ4n) is 2.82. The van der Waals surface area contributed by atoms with Crippen LogP contribution in [-0.4, -0.2) is 55.4 Å². The molecule has 27 heavy (non-hydrogen) atoms. The molecule has 1 aliphatic rings. The minimum absolute atomic E-state index is 0.197. The first-order valence-corrected chi connectivity index (χ1v) is 8.44. The Bertz CT molecular complexity index is 762. The molecule has 4 atom stereocenters. The van der Waals surface area contributed by atoms with Gasteiger partial charge in [0, 0.05) is 7.11 Å². The lowest BCUT2D eigenvalue weighted by atomic mass is 10.1. The van der Waals surface area contributed by atoms with Crippen LogP contribution in [0.5, 0.6) is 0 Å². The summed E-state index contributed by atoms with van der Waals surface area (Å²) in [5.41, 5.74) is 0.742. The predicted octanol–water partition coefficient (Wildman–Crippen LogP) is 1.80. The molecule has 0 saturated carbocycles. The molecule has 0 radical (unpaired) electrons. The smallest absolute Gasteiger partial charge is 0.338 e. The lowest BCUT2D eigenvalue weighted by Crippen LogP contribution is -2.40. The third-order valence-corrected chi connectivity index (χ3v) is 4.20. The molecule has 1 heterocycles. The van der Waals surface area contributed by atoms with E-state index in [4.69, 9.17) is 18.9 Å². The molecule has 142 valence electrons. The number of carbonyl (C=O) groups is 2. The molecule has 0 amide bonds. The molecule has 1 N–H and O–H groups in total. The van der Waals surface area contributed by atoms with E-state index in [0.717, 1.165) is 0 Å². The van der Waals surface area contributed by atoms with E-state index in [1.165, 1.54) is 7.11 Å². The van der Waals surface area contributed by atoms with E-state index in [1.54, 1.807) is 60.7 Å². The Labute approximate surface area is 156 Å². The number of methoxy groups -OCH3 is 1. The van der Waals surface area contributed by atoms with Gasteiger partial charge >= 0.3 is 11.9 Å². The maximum absolute atomic E-state index is 12.4. The molecule has 7 nitrogen and oxygen atoms in total. The number of esters is 2. The number of carbonyl (C=O) groups excluding carboxylic acids is 2. The highest BCUT2D eigenvalue weighted by Crippen LogP contribution is 2.26. The number of aliphatic hydroxyl groups is 1. The fourth-order valence-corrected chi connectivity index (χ4v) is 2.82. The number of hydrogen-bond donors (Lipinski definition) is 1. The van der Waals surface area contributed by atoms with Gasteiger partial charge in [-0.3, -0.25) is 0 Å². The molecule has 2 aromatic rings. The quantitative estimate of drug-likeness (QED) is 0.773. The van der Waals surface area contributed by atoms with Crippen molar-refractivity contribution < 1.29 is 33.6 Å². The second kappa shape index (κ2) is 8.77. The zero-order valence-corrected chi connectivity index (χ0v) is 14.7. The van der Waals surface area contributed by atoms with E-state index in [9.17, 15) is 14.7 Å². The molecule has 1 aliphatic heterocycles. The van der Waals surface area contributed by atoms with Crippen LogP contribution in [0.1, 0.15) is 20.7 Å². The van der Waals surface area contributed by atoms with Crippen LogP contribution >= 0.6 is 0 Å². The van der Waals surface area contributed by atoms with Crippen molar-refractivity contribution in [3.8, 4) is 0 Å². The Kier molecular flexibility index (Phi) is 6.18. The van der Waals surface area contributed by atoms with Gasteiger partial charge in [0.05, 0.1) is 11.1 Å². The number of ether oxygens (including phenoxy) is 4. The van der Waals surface area contributed by atoms with Crippen molar-refractivity contribution in [3.63, 3.8) is 0 Å². The first-order chi connectivity index (χ1) is 13.1. The van der Waals surface area contributed by atoms with E-state index in [2.05, 4.69) is 0 Å². The predicted molar refractivity (Wildman–Crippen MR) is 94.0 cm³/mol. The molecule has 0 bridgehead atoms. The number of aliphatic hydroxyl groups excluding tert-OH is 1. The number of hydrogen-bond acceptors (Lipinski definition) is 7. The van der Waals surface area contributed by atoms with Crippen LogP contribution in [0.25, 0.3) is 0 Å². The summed E-state index contributed by atoms with van der Waals surface area (Å²) in [5.74, 6) is -1.12. The molecule has 0 aliphatic carbocycles. The van der Waals surface area contributed by atoms with Gasteiger partial charge in [0.25, 0.3) is 0 Å². The average molecular weight is 372 g/mol. The summed E-state index contributed by atoms with van der Waals surface area (Å²) in [6, 6.07) is 16.9. The Morgan fingerprint density at radius 3 is 2.04 bits per heavy atom. The van der Waals surface area contributed by atoms with Crippen LogP contribution in [0.2, 0.25) is 0 Å². The summed E-state index contributed by atoms with van der Waals surface area (Å²) in [7, 11) is 1.37. The molecule has 1 saturated heterocycles. The standard InChI is InChI=1S/C20H20O7/c1-24-17-16(27-19(22)14-10-6-3-7-11-14)15(26-20(17)23)12-25-18(21)13-8-4-2-5-9-13/h2-11,15-17,20,23H,12H2,1H3/t15-,16+,17?,20+/m1/s1. The van der Waals surface area contributed by atoms with Crippen molar-refractivity contribution >= 4 is 11.9 Å². The summed E-state index contributed by atoms with van der Waals surface area (Å²) in [5, 5.41) is 10.0.